The highest BCUT2D eigenvalue weighted by atomic mass is 16.2. The number of nitrogens with one attached hydrogen (secondary N) is 1. The summed E-state index contributed by atoms with van der Waals surface area (Å²) in [5, 5.41) is 3.39. The minimum atomic E-state index is 0.159. The molecule has 1 saturated heterocycles. The van der Waals surface area contributed by atoms with Gasteiger partial charge in [-0.2, -0.15) is 0 Å². The zero-order chi connectivity index (χ0) is 16.7. The smallest absolute Gasteiger partial charge is 0.223 e. The van der Waals surface area contributed by atoms with Crippen LogP contribution in [-0.2, 0) is 4.79 Å². The van der Waals surface area contributed by atoms with E-state index >= 15 is 0 Å². The lowest BCUT2D eigenvalue weighted by atomic mass is 9.74. The standard InChI is InChI=1S/C18H34N4O/c1-19-17(20-13-9-16(23)21(2)3)22-14-8-12-18(15-22)10-6-4-5-7-11-18/h4-15H2,1-3H3,(H,19,20). The summed E-state index contributed by atoms with van der Waals surface area (Å²) in [4.78, 5) is 20.2. The molecule has 0 atom stereocenters. The second-order valence-electron chi connectivity index (χ2n) is 7.45. The van der Waals surface area contributed by atoms with Crippen LogP contribution in [-0.4, -0.2) is 62.4 Å². The number of rotatable bonds is 3. The molecule has 1 spiro atoms. The van der Waals surface area contributed by atoms with E-state index in [1.165, 1.54) is 51.4 Å². The van der Waals surface area contributed by atoms with Gasteiger partial charge in [-0.15, -0.1) is 0 Å². The molecule has 0 aromatic rings. The van der Waals surface area contributed by atoms with Crippen LogP contribution >= 0.6 is 0 Å². The average molecular weight is 322 g/mol. The number of aliphatic imine (C=N–C) groups is 1. The number of hydrogen-bond donors (Lipinski definition) is 1. The van der Waals surface area contributed by atoms with E-state index in [0.717, 1.165) is 19.0 Å². The van der Waals surface area contributed by atoms with Crippen LogP contribution in [0.15, 0.2) is 4.99 Å². The maximum Gasteiger partial charge on any atom is 0.223 e. The summed E-state index contributed by atoms with van der Waals surface area (Å²) in [6, 6.07) is 0. The molecule has 5 heteroatoms. The highest BCUT2D eigenvalue weighted by Crippen LogP contribution is 2.42. The van der Waals surface area contributed by atoms with Gasteiger partial charge in [0.1, 0.15) is 0 Å². The predicted octanol–water partition coefficient (Wildman–Crippen LogP) is 2.48. The monoisotopic (exact) mass is 322 g/mol. The molecule has 1 amide bonds. The number of nitrogens with zero attached hydrogens (tertiary/aromatic N) is 3. The number of hydrogen-bond acceptors (Lipinski definition) is 2. The molecule has 1 N–H and O–H groups in total. The van der Waals surface area contributed by atoms with Crippen molar-refractivity contribution in [2.75, 3.05) is 40.8 Å². The van der Waals surface area contributed by atoms with Gasteiger partial charge in [0.15, 0.2) is 5.96 Å². The Bertz CT molecular complexity index is 411. The molecule has 2 rings (SSSR count). The van der Waals surface area contributed by atoms with Crippen molar-refractivity contribution in [2.45, 2.75) is 57.8 Å². The fourth-order valence-electron chi connectivity index (χ4n) is 4.11. The van der Waals surface area contributed by atoms with Crippen molar-refractivity contribution in [2.24, 2.45) is 10.4 Å². The van der Waals surface area contributed by atoms with Crippen molar-refractivity contribution in [1.82, 2.24) is 15.1 Å². The zero-order valence-corrected chi connectivity index (χ0v) is 15.2. The number of guanidine groups is 1. The summed E-state index contributed by atoms with van der Waals surface area (Å²) in [6.07, 6.45) is 11.5. The highest BCUT2D eigenvalue weighted by Gasteiger charge is 2.36. The van der Waals surface area contributed by atoms with Gasteiger partial charge in [-0.1, -0.05) is 25.7 Å². The molecule has 0 radical (unpaired) electrons. The third-order valence-electron chi connectivity index (χ3n) is 5.46. The van der Waals surface area contributed by atoms with E-state index in [4.69, 9.17) is 0 Å². The lowest BCUT2D eigenvalue weighted by molar-refractivity contribution is -0.128. The largest absolute Gasteiger partial charge is 0.356 e. The minimum Gasteiger partial charge on any atom is -0.356 e. The van der Waals surface area contributed by atoms with Crippen LogP contribution in [0.2, 0.25) is 0 Å². The van der Waals surface area contributed by atoms with Gasteiger partial charge in [0.25, 0.3) is 0 Å². The topological polar surface area (TPSA) is 47.9 Å². The van der Waals surface area contributed by atoms with Crippen molar-refractivity contribution >= 4 is 11.9 Å². The van der Waals surface area contributed by atoms with Gasteiger partial charge in [-0.25, -0.2) is 0 Å². The van der Waals surface area contributed by atoms with Crippen molar-refractivity contribution in [3.8, 4) is 0 Å². The second-order valence-corrected chi connectivity index (χ2v) is 7.45. The molecule has 2 fully saturated rings. The van der Waals surface area contributed by atoms with Crippen LogP contribution in [0.4, 0.5) is 0 Å². The molecule has 23 heavy (non-hydrogen) atoms. The van der Waals surface area contributed by atoms with Crippen LogP contribution in [0.3, 0.4) is 0 Å². The average Bonchev–Trinajstić information content (AvgIpc) is 2.76. The Hall–Kier alpha value is -1.26. The second kappa shape index (κ2) is 8.55. The number of carbonyl (C=O) groups is 1. The van der Waals surface area contributed by atoms with Crippen LogP contribution < -0.4 is 5.32 Å². The molecule has 1 saturated carbocycles. The van der Waals surface area contributed by atoms with Crippen LogP contribution in [0, 0.1) is 5.41 Å². The Kier molecular flexibility index (Phi) is 6.72. The van der Waals surface area contributed by atoms with E-state index < -0.39 is 0 Å². The first kappa shape index (κ1) is 18.1. The summed E-state index contributed by atoms with van der Waals surface area (Å²) in [5.41, 5.74) is 0.506. The summed E-state index contributed by atoms with van der Waals surface area (Å²) in [7, 11) is 5.46. The molecular weight excluding hydrogens is 288 g/mol. The fraction of sp³-hybridized carbons (Fsp3) is 0.889. The summed E-state index contributed by atoms with van der Waals surface area (Å²) in [6.45, 7) is 2.88. The minimum absolute atomic E-state index is 0.159. The van der Waals surface area contributed by atoms with Gasteiger partial charge in [0, 0.05) is 47.2 Å². The first-order chi connectivity index (χ1) is 11.1. The van der Waals surface area contributed by atoms with Gasteiger partial charge in [-0.3, -0.25) is 9.79 Å². The van der Waals surface area contributed by atoms with Gasteiger partial charge in [0.05, 0.1) is 0 Å². The Balaban J connectivity index is 1.89. The molecule has 0 aromatic carbocycles. The molecule has 132 valence electrons. The van der Waals surface area contributed by atoms with Gasteiger partial charge in [0.2, 0.25) is 5.91 Å². The molecule has 0 unspecified atom stereocenters. The van der Waals surface area contributed by atoms with E-state index in [-0.39, 0.29) is 5.91 Å². The third-order valence-corrected chi connectivity index (χ3v) is 5.46. The summed E-state index contributed by atoms with van der Waals surface area (Å²) < 4.78 is 0. The fourth-order valence-corrected chi connectivity index (χ4v) is 4.11. The Morgan fingerprint density at radius 3 is 2.39 bits per heavy atom. The highest BCUT2D eigenvalue weighted by molar-refractivity contribution is 5.81. The Morgan fingerprint density at radius 1 is 1.13 bits per heavy atom. The molecule has 5 nitrogen and oxygen atoms in total. The molecule has 1 aliphatic heterocycles. The first-order valence-corrected chi connectivity index (χ1v) is 9.22. The van der Waals surface area contributed by atoms with Crippen molar-refractivity contribution in [3.05, 3.63) is 0 Å². The van der Waals surface area contributed by atoms with Crippen molar-refractivity contribution in [3.63, 3.8) is 0 Å². The maximum atomic E-state index is 11.7. The van der Waals surface area contributed by atoms with E-state index in [0.29, 0.717) is 18.4 Å². The summed E-state index contributed by atoms with van der Waals surface area (Å²) >= 11 is 0. The van der Waals surface area contributed by atoms with Crippen molar-refractivity contribution in [1.29, 1.82) is 0 Å². The molecule has 0 bridgehead atoms. The predicted molar refractivity (Wildman–Crippen MR) is 95.6 cm³/mol. The van der Waals surface area contributed by atoms with E-state index in [2.05, 4.69) is 15.2 Å². The van der Waals surface area contributed by atoms with Crippen molar-refractivity contribution < 1.29 is 4.79 Å². The zero-order valence-electron chi connectivity index (χ0n) is 15.2. The van der Waals surface area contributed by atoms with Gasteiger partial charge >= 0.3 is 0 Å². The van der Waals surface area contributed by atoms with E-state index in [1.54, 1.807) is 19.0 Å². The molecule has 0 aromatic heterocycles. The van der Waals surface area contributed by atoms with E-state index in [1.807, 2.05) is 7.05 Å². The number of carbonyl (C=O) groups excluding carboxylic acids is 1. The maximum absolute atomic E-state index is 11.7. The lowest BCUT2D eigenvalue weighted by Crippen LogP contribution is -2.51. The van der Waals surface area contributed by atoms with E-state index in [9.17, 15) is 4.79 Å². The van der Waals surface area contributed by atoms with Gasteiger partial charge in [-0.05, 0) is 31.1 Å². The SMILES string of the molecule is CN=C(NCCC(=O)N(C)C)N1CCCC2(CCCCCC2)C1. The van der Waals surface area contributed by atoms with Crippen LogP contribution in [0.5, 0.6) is 0 Å². The molecule has 2 aliphatic rings. The quantitative estimate of drug-likeness (QED) is 0.641. The number of piperidine rings is 1. The van der Waals surface area contributed by atoms with Crippen LogP contribution in [0.25, 0.3) is 0 Å². The van der Waals surface area contributed by atoms with Gasteiger partial charge < -0.3 is 15.1 Å². The molecule has 1 aliphatic carbocycles. The molecular formula is C18H34N4O. The Labute approximate surface area is 141 Å². The summed E-state index contributed by atoms with van der Waals surface area (Å²) in [5.74, 6) is 1.13. The third kappa shape index (κ3) is 5.11. The first-order valence-electron chi connectivity index (χ1n) is 9.22. The lowest BCUT2D eigenvalue weighted by Gasteiger charge is -2.44. The number of likely N-dealkylation sites (tertiary alicyclic amines) is 1. The normalized spacial score (nSPS) is 21.9. The van der Waals surface area contributed by atoms with Crippen LogP contribution in [0.1, 0.15) is 57.8 Å². The molecule has 1 heterocycles. The number of amides is 1. The Morgan fingerprint density at radius 2 is 1.78 bits per heavy atom.